The number of fused-ring (bicyclic) bond motifs is 1. The number of ether oxygens (including phenoxy) is 1. The third-order valence-corrected chi connectivity index (χ3v) is 5.44. The second kappa shape index (κ2) is 8.08. The number of nitrogens with one attached hydrogen (secondary N) is 1. The Balaban J connectivity index is 1.77. The van der Waals surface area contributed by atoms with E-state index < -0.39 is 0 Å². The molecule has 1 N–H and O–H groups in total. The summed E-state index contributed by atoms with van der Waals surface area (Å²) in [4.78, 5) is 13.6. The van der Waals surface area contributed by atoms with Crippen LogP contribution < -0.4 is 10.2 Å². The van der Waals surface area contributed by atoms with Crippen LogP contribution in [-0.4, -0.2) is 32.3 Å². The normalized spacial score (nSPS) is 11.1. The van der Waals surface area contributed by atoms with Gasteiger partial charge in [-0.3, -0.25) is 5.43 Å². The number of nitrogens with zero attached hydrogens (tertiary/aromatic N) is 6. The highest BCUT2D eigenvalue weighted by atomic mass is 32.1. The zero-order chi connectivity index (χ0) is 20.2. The summed E-state index contributed by atoms with van der Waals surface area (Å²) in [5.74, 6) is 1.97. The largest absolute Gasteiger partial charge is 0.493 e. The van der Waals surface area contributed by atoms with Gasteiger partial charge in [0.25, 0.3) is 0 Å². The van der Waals surface area contributed by atoms with Gasteiger partial charge in [0.2, 0.25) is 0 Å². The first kappa shape index (κ1) is 18.6. The molecule has 0 saturated heterocycles. The minimum absolute atomic E-state index is 0.496. The lowest BCUT2D eigenvalue weighted by Gasteiger charge is -2.08. The van der Waals surface area contributed by atoms with Gasteiger partial charge in [-0.15, -0.1) is 11.3 Å². The summed E-state index contributed by atoms with van der Waals surface area (Å²) in [5.41, 5.74) is 4.88. The number of rotatable bonds is 6. The standard InChI is InChI=1S/C20H17N7OS/c1-3-28-15-7-5-4-6-13(15)18-14(10-21)17-19(29-18)20(24-12-23-17)26-25-11-16-22-8-9-27(16)2/h4-9,11-12H,3H2,1-2H3,(H,23,24,26)/b25-11+. The Labute approximate surface area is 171 Å². The zero-order valence-electron chi connectivity index (χ0n) is 15.8. The second-order valence-corrected chi connectivity index (χ2v) is 7.03. The van der Waals surface area contributed by atoms with Gasteiger partial charge in [-0.2, -0.15) is 10.4 Å². The van der Waals surface area contributed by atoms with E-state index >= 15 is 0 Å². The van der Waals surface area contributed by atoms with Crippen LogP contribution in [0.15, 0.2) is 48.1 Å². The van der Waals surface area contributed by atoms with Gasteiger partial charge in [0, 0.05) is 25.0 Å². The summed E-state index contributed by atoms with van der Waals surface area (Å²) in [6.07, 6.45) is 6.57. The molecule has 0 fully saturated rings. The van der Waals surface area contributed by atoms with Crippen molar-refractivity contribution in [2.45, 2.75) is 6.92 Å². The fraction of sp³-hybridized carbons (Fsp3) is 0.150. The average Bonchev–Trinajstić information content (AvgIpc) is 3.32. The van der Waals surface area contributed by atoms with Crippen molar-refractivity contribution in [3.63, 3.8) is 0 Å². The highest BCUT2D eigenvalue weighted by Crippen LogP contribution is 2.43. The van der Waals surface area contributed by atoms with Crippen LogP contribution in [0.5, 0.6) is 5.75 Å². The molecule has 0 radical (unpaired) electrons. The molecule has 8 nitrogen and oxygen atoms in total. The van der Waals surface area contributed by atoms with Gasteiger partial charge < -0.3 is 9.30 Å². The van der Waals surface area contributed by atoms with Crippen LogP contribution in [-0.2, 0) is 7.05 Å². The van der Waals surface area contributed by atoms with Crippen molar-refractivity contribution in [3.8, 4) is 22.3 Å². The third-order valence-electron chi connectivity index (χ3n) is 4.22. The number of para-hydroxylation sites is 1. The van der Waals surface area contributed by atoms with Crippen molar-refractivity contribution in [2.24, 2.45) is 12.1 Å². The summed E-state index contributed by atoms with van der Waals surface area (Å²) in [6.45, 7) is 2.47. The van der Waals surface area contributed by atoms with Gasteiger partial charge in [0.15, 0.2) is 11.6 Å². The number of hydrazone groups is 1. The predicted molar refractivity (Wildman–Crippen MR) is 113 cm³/mol. The summed E-state index contributed by atoms with van der Waals surface area (Å²) >= 11 is 1.43. The second-order valence-electron chi connectivity index (χ2n) is 6.01. The van der Waals surface area contributed by atoms with Gasteiger partial charge >= 0.3 is 0 Å². The van der Waals surface area contributed by atoms with Crippen molar-refractivity contribution in [1.29, 1.82) is 5.26 Å². The molecule has 0 aliphatic carbocycles. The summed E-state index contributed by atoms with van der Waals surface area (Å²) in [7, 11) is 1.89. The monoisotopic (exact) mass is 403 g/mol. The number of imidazole rings is 1. The Bertz CT molecular complexity index is 1240. The molecule has 144 valence electrons. The smallest absolute Gasteiger partial charge is 0.167 e. The molecule has 9 heteroatoms. The summed E-state index contributed by atoms with van der Waals surface area (Å²) in [6, 6.07) is 9.95. The number of aryl methyl sites for hydroxylation is 1. The van der Waals surface area contributed by atoms with Crippen LogP contribution in [0.3, 0.4) is 0 Å². The average molecular weight is 403 g/mol. The number of nitriles is 1. The number of hydrogen-bond acceptors (Lipinski definition) is 8. The first-order valence-electron chi connectivity index (χ1n) is 8.89. The molecule has 0 spiro atoms. The van der Waals surface area contributed by atoms with E-state index in [4.69, 9.17) is 4.74 Å². The Morgan fingerprint density at radius 2 is 2.17 bits per heavy atom. The van der Waals surface area contributed by atoms with Gasteiger partial charge in [-0.05, 0) is 19.1 Å². The maximum atomic E-state index is 9.80. The first-order valence-corrected chi connectivity index (χ1v) is 9.70. The van der Waals surface area contributed by atoms with E-state index in [2.05, 4.69) is 31.5 Å². The molecule has 29 heavy (non-hydrogen) atoms. The lowest BCUT2D eigenvalue weighted by atomic mass is 10.1. The van der Waals surface area contributed by atoms with Gasteiger partial charge in [-0.1, -0.05) is 12.1 Å². The fourth-order valence-electron chi connectivity index (χ4n) is 2.87. The lowest BCUT2D eigenvalue weighted by molar-refractivity contribution is 0.341. The van der Waals surface area contributed by atoms with E-state index in [1.165, 1.54) is 17.7 Å². The molecule has 0 amide bonds. The predicted octanol–water partition coefficient (Wildman–Crippen LogP) is 3.81. The van der Waals surface area contributed by atoms with E-state index in [-0.39, 0.29) is 0 Å². The lowest BCUT2D eigenvalue weighted by Crippen LogP contribution is -1.99. The van der Waals surface area contributed by atoms with E-state index in [1.54, 1.807) is 12.4 Å². The molecule has 1 aromatic carbocycles. The molecule has 0 aliphatic rings. The van der Waals surface area contributed by atoms with Crippen molar-refractivity contribution in [2.75, 3.05) is 12.0 Å². The number of hydrogen-bond donors (Lipinski definition) is 1. The SMILES string of the molecule is CCOc1ccccc1-c1sc2c(N/N=C/c3nccn3C)ncnc2c1C#N. The molecule has 4 aromatic rings. The molecule has 0 saturated carbocycles. The van der Waals surface area contributed by atoms with Crippen molar-refractivity contribution >= 4 is 33.6 Å². The molecule has 4 rings (SSSR count). The van der Waals surface area contributed by atoms with Crippen LogP contribution in [0.1, 0.15) is 18.3 Å². The maximum Gasteiger partial charge on any atom is 0.167 e. The number of anilines is 1. The van der Waals surface area contributed by atoms with Crippen LogP contribution >= 0.6 is 11.3 Å². The van der Waals surface area contributed by atoms with Crippen LogP contribution in [0.2, 0.25) is 0 Å². The van der Waals surface area contributed by atoms with E-state index in [1.807, 2.05) is 49.0 Å². The van der Waals surface area contributed by atoms with Gasteiger partial charge in [-0.25, -0.2) is 15.0 Å². The maximum absolute atomic E-state index is 9.80. The van der Waals surface area contributed by atoms with Crippen LogP contribution in [0.25, 0.3) is 20.7 Å². The topological polar surface area (TPSA) is 101 Å². The van der Waals surface area contributed by atoms with Crippen LogP contribution in [0.4, 0.5) is 5.82 Å². The molecule has 0 aliphatic heterocycles. The Morgan fingerprint density at radius 1 is 1.31 bits per heavy atom. The van der Waals surface area contributed by atoms with E-state index in [0.29, 0.717) is 29.3 Å². The minimum Gasteiger partial charge on any atom is -0.493 e. The molecule has 0 atom stereocenters. The molecular weight excluding hydrogens is 386 g/mol. The Kier molecular flexibility index (Phi) is 5.18. The minimum atomic E-state index is 0.496. The van der Waals surface area contributed by atoms with E-state index in [0.717, 1.165) is 20.9 Å². The molecule has 0 bridgehead atoms. The Morgan fingerprint density at radius 3 is 2.93 bits per heavy atom. The number of aromatic nitrogens is 4. The van der Waals surface area contributed by atoms with Gasteiger partial charge in [0.05, 0.1) is 28.0 Å². The highest BCUT2D eigenvalue weighted by Gasteiger charge is 2.20. The number of benzene rings is 1. The van der Waals surface area contributed by atoms with Gasteiger partial charge in [0.1, 0.15) is 23.7 Å². The number of thiophene rings is 1. The van der Waals surface area contributed by atoms with E-state index in [9.17, 15) is 5.26 Å². The molecule has 3 heterocycles. The third kappa shape index (κ3) is 3.53. The summed E-state index contributed by atoms with van der Waals surface area (Å²) in [5, 5.41) is 14.0. The zero-order valence-corrected chi connectivity index (χ0v) is 16.6. The van der Waals surface area contributed by atoms with Crippen molar-refractivity contribution < 1.29 is 4.74 Å². The van der Waals surface area contributed by atoms with Crippen molar-refractivity contribution in [1.82, 2.24) is 19.5 Å². The molecule has 0 unspecified atom stereocenters. The van der Waals surface area contributed by atoms with Crippen molar-refractivity contribution in [3.05, 3.63) is 54.4 Å². The first-order chi connectivity index (χ1) is 14.2. The molecule has 3 aromatic heterocycles. The fourth-order valence-corrected chi connectivity index (χ4v) is 4.04. The quantitative estimate of drug-likeness (QED) is 0.388. The highest BCUT2D eigenvalue weighted by molar-refractivity contribution is 7.23. The Hall–Kier alpha value is -3.77. The summed E-state index contributed by atoms with van der Waals surface area (Å²) < 4.78 is 8.35. The van der Waals surface area contributed by atoms with Crippen LogP contribution in [0, 0.1) is 11.3 Å². The molecular formula is C20H17N7OS.